The molecule has 0 aliphatic heterocycles. The number of amides is 1. The minimum absolute atomic E-state index is 0.0837. The zero-order valence-electron chi connectivity index (χ0n) is 9.36. The third-order valence-electron chi connectivity index (χ3n) is 2.29. The van der Waals surface area contributed by atoms with Crippen LogP contribution in [0.4, 0.5) is 5.69 Å². The topological polar surface area (TPSA) is 42.0 Å². The van der Waals surface area contributed by atoms with E-state index in [-0.39, 0.29) is 5.91 Å². The number of aromatic nitrogens is 1. The molecule has 1 N–H and O–H groups in total. The van der Waals surface area contributed by atoms with Gasteiger partial charge in [-0.25, -0.2) is 4.98 Å². The molecule has 0 saturated carbocycles. The quantitative estimate of drug-likeness (QED) is 0.875. The van der Waals surface area contributed by atoms with Crippen molar-refractivity contribution in [2.75, 3.05) is 5.32 Å². The lowest BCUT2D eigenvalue weighted by molar-refractivity contribution is -0.115. The lowest BCUT2D eigenvalue weighted by atomic mass is 10.1. The SMILES string of the molecule is O=C(Cc1ccc(Br)cc1)Nc1ccnc(Cl)c1. The summed E-state index contributed by atoms with van der Waals surface area (Å²) in [6.07, 6.45) is 1.88. The molecule has 1 aromatic carbocycles. The van der Waals surface area contributed by atoms with E-state index in [1.807, 2.05) is 24.3 Å². The monoisotopic (exact) mass is 324 g/mol. The summed E-state index contributed by atoms with van der Waals surface area (Å²) < 4.78 is 0.993. The maximum absolute atomic E-state index is 11.8. The van der Waals surface area contributed by atoms with E-state index in [0.717, 1.165) is 10.0 Å². The number of hydrogen-bond donors (Lipinski definition) is 1. The summed E-state index contributed by atoms with van der Waals surface area (Å²) in [5.74, 6) is -0.0837. The van der Waals surface area contributed by atoms with E-state index in [4.69, 9.17) is 11.6 Å². The molecular weight excluding hydrogens is 316 g/mol. The van der Waals surface area contributed by atoms with E-state index in [1.165, 1.54) is 0 Å². The van der Waals surface area contributed by atoms with Crippen LogP contribution in [0.3, 0.4) is 0 Å². The Morgan fingerprint density at radius 1 is 1.28 bits per heavy atom. The normalized spacial score (nSPS) is 10.1. The second-order valence-corrected chi connectivity index (χ2v) is 5.02. The summed E-state index contributed by atoms with van der Waals surface area (Å²) in [6, 6.07) is 10.9. The highest BCUT2D eigenvalue weighted by atomic mass is 79.9. The van der Waals surface area contributed by atoms with E-state index in [0.29, 0.717) is 17.3 Å². The van der Waals surface area contributed by atoms with E-state index >= 15 is 0 Å². The Balaban J connectivity index is 1.98. The Morgan fingerprint density at radius 3 is 2.67 bits per heavy atom. The van der Waals surface area contributed by atoms with Crippen LogP contribution < -0.4 is 5.32 Å². The number of nitrogens with zero attached hydrogens (tertiary/aromatic N) is 1. The zero-order chi connectivity index (χ0) is 13.0. The van der Waals surface area contributed by atoms with Gasteiger partial charge in [-0.3, -0.25) is 4.79 Å². The highest BCUT2D eigenvalue weighted by Crippen LogP contribution is 2.14. The second kappa shape index (κ2) is 5.98. The van der Waals surface area contributed by atoms with Crippen LogP contribution in [0.2, 0.25) is 5.15 Å². The van der Waals surface area contributed by atoms with Crippen LogP contribution in [0.1, 0.15) is 5.56 Å². The van der Waals surface area contributed by atoms with Crippen molar-refractivity contribution >= 4 is 39.1 Å². The molecule has 0 fully saturated rings. The second-order valence-electron chi connectivity index (χ2n) is 3.72. The van der Waals surface area contributed by atoms with Crippen molar-refractivity contribution in [3.63, 3.8) is 0 Å². The zero-order valence-corrected chi connectivity index (χ0v) is 11.7. The van der Waals surface area contributed by atoms with E-state index in [1.54, 1.807) is 18.3 Å². The van der Waals surface area contributed by atoms with Crippen molar-refractivity contribution in [1.82, 2.24) is 4.98 Å². The van der Waals surface area contributed by atoms with Gasteiger partial charge in [-0.05, 0) is 29.8 Å². The number of halogens is 2. The molecule has 0 unspecified atom stereocenters. The van der Waals surface area contributed by atoms with Crippen LogP contribution in [0.5, 0.6) is 0 Å². The Kier molecular flexibility index (Phi) is 4.33. The fourth-order valence-corrected chi connectivity index (χ4v) is 1.91. The molecule has 3 nitrogen and oxygen atoms in total. The van der Waals surface area contributed by atoms with Crippen LogP contribution in [0, 0.1) is 0 Å². The van der Waals surface area contributed by atoms with Gasteiger partial charge in [-0.2, -0.15) is 0 Å². The molecule has 0 bridgehead atoms. The lowest BCUT2D eigenvalue weighted by Crippen LogP contribution is -2.14. The van der Waals surface area contributed by atoms with Crippen molar-refractivity contribution in [2.24, 2.45) is 0 Å². The molecule has 2 rings (SSSR count). The molecule has 5 heteroatoms. The van der Waals surface area contributed by atoms with Gasteiger partial charge in [0, 0.05) is 16.4 Å². The van der Waals surface area contributed by atoms with Gasteiger partial charge >= 0.3 is 0 Å². The minimum Gasteiger partial charge on any atom is -0.326 e. The number of carbonyl (C=O) groups excluding carboxylic acids is 1. The van der Waals surface area contributed by atoms with Crippen LogP contribution in [0.15, 0.2) is 47.1 Å². The standard InChI is InChI=1S/C13H10BrClN2O/c14-10-3-1-9(2-4-10)7-13(18)17-11-5-6-16-12(15)8-11/h1-6,8H,7H2,(H,16,17,18). The summed E-state index contributed by atoms with van der Waals surface area (Å²) in [5.41, 5.74) is 1.60. The number of nitrogens with one attached hydrogen (secondary N) is 1. The first-order chi connectivity index (χ1) is 8.63. The summed E-state index contributed by atoms with van der Waals surface area (Å²) in [7, 11) is 0. The van der Waals surface area contributed by atoms with Crippen LogP contribution >= 0.6 is 27.5 Å². The summed E-state index contributed by atoms with van der Waals surface area (Å²) >= 11 is 9.09. The fourth-order valence-electron chi connectivity index (χ4n) is 1.47. The van der Waals surface area contributed by atoms with Crippen LogP contribution in [-0.4, -0.2) is 10.9 Å². The average molecular weight is 326 g/mol. The van der Waals surface area contributed by atoms with Crippen molar-refractivity contribution in [3.05, 3.63) is 57.8 Å². The van der Waals surface area contributed by atoms with Crippen molar-refractivity contribution < 1.29 is 4.79 Å². The Hall–Kier alpha value is -1.39. The molecule has 0 aliphatic carbocycles. The lowest BCUT2D eigenvalue weighted by Gasteiger charge is -2.05. The molecule has 0 radical (unpaired) electrons. The van der Waals surface area contributed by atoms with E-state index in [2.05, 4.69) is 26.2 Å². The summed E-state index contributed by atoms with van der Waals surface area (Å²) in [5, 5.41) is 3.13. The van der Waals surface area contributed by atoms with Gasteiger partial charge in [0.2, 0.25) is 5.91 Å². The first-order valence-corrected chi connectivity index (χ1v) is 6.46. The Labute approximate surface area is 118 Å². The molecule has 18 heavy (non-hydrogen) atoms. The number of anilines is 1. The van der Waals surface area contributed by atoms with E-state index in [9.17, 15) is 4.79 Å². The molecular formula is C13H10BrClN2O. The van der Waals surface area contributed by atoms with Crippen LogP contribution in [0.25, 0.3) is 0 Å². The number of hydrogen-bond acceptors (Lipinski definition) is 2. The largest absolute Gasteiger partial charge is 0.326 e. The Bertz CT molecular complexity index is 557. The molecule has 92 valence electrons. The average Bonchev–Trinajstić information content (AvgIpc) is 2.32. The highest BCUT2D eigenvalue weighted by molar-refractivity contribution is 9.10. The molecule has 0 spiro atoms. The van der Waals surface area contributed by atoms with Gasteiger partial charge < -0.3 is 5.32 Å². The van der Waals surface area contributed by atoms with Crippen molar-refractivity contribution in [1.29, 1.82) is 0 Å². The predicted molar refractivity (Wildman–Crippen MR) is 75.7 cm³/mol. The number of benzene rings is 1. The predicted octanol–water partition coefficient (Wildman–Crippen LogP) is 3.68. The molecule has 1 heterocycles. The fraction of sp³-hybridized carbons (Fsp3) is 0.0769. The highest BCUT2D eigenvalue weighted by Gasteiger charge is 2.04. The van der Waals surface area contributed by atoms with Crippen LogP contribution in [-0.2, 0) is 11.2 Å². The molecule has 0 saturated heterocycles. The third-order valence-corrected chi connectivity index (χ3v) is 3.02. The van der Waals surface area contributed by atoms with Gasteiger partial charge in [-0.15, -0.1) is 0 Å². The van der Waals surface area contributed by atoms with Gasteiger partial charge in [0.1, 0.15) is 5.15 Å². The first-order valence-electron chi connectivity index (χ1n) is 5.29. The molecule has 2 aromatic rings. The summed E-state index contributed by atoms with van der Waals surface area (Å²) in [6.45, 7) is 0. The number of carbonyl (C=O) groups is 1. The van der Waals surface area contributed by atoms with Crippen molar-refractivity contribution in [2.45, 2.75) is 6.42 Å². The maximum Gasteiger partial charge on any atom is 0.228 e. The van der Waals surface area contributed by atoms with Gasteiger partial charge in [-0.1, -0.05) is 39.7 Å². The van der Waals surface area contributed by atoms with Crippen molar-refractivity contribution in [3.8, 4) is 0 Å². The maximum atomic E-state index is 11.8. The number of rotatable bonds is 3. The third kappa shape index (κ3) is 3.82. The first kappa shape index (κ1) is 13.1. The van der Waals surface area contributed by atoms with Gasteiger partial charge in [0.25, 0.3) is 0 Å². The molecule has 1 amide bonds. The molecule has 0 atom stereocenters. The van der Waals surface area contributed by atoms with Gasteiger partial charge in [0.05, 0.1) is 6.42 Å². The summed E-state index contributed by atoms with van der Waals surface area (Å²) in [4.78, 5) is 15.6. The molecule has 1 aromatic heterocycles. The number of pyridine rings is 1. The molecule has 0 aliphatic rings. The van der Waals surface area contributed by atoms with E-state index < -0.39 is 0 Å². The Morgan fingerprint density at radius 2 is 2.00 bits per heavy atom. The van der Waals surface area contributed by atoms with Gasteiger partial charge in [0.15, 0.2) is 0 Å². The minimum atomic E-state index is -0.0837. The smallest absolute Gasteiger partial charge is 0.228 e.